The lowest BCUT2D eigenvalue weighted by Crippen LogP contribution is -2.45. The van der Waals surface area contributed by atoms with Crippen molar-refractivity contribution in [2.45, 2.75) is 57.7 Å². The van der Waals surface area contributed by atoms with Gasteiger partial charge in [-0.3, -0.25) is 10.1 Å². The van der Waals surface area contributed by atoms with Crippen molar-refractivity contribution < 1.29 is 4.79 Å². The number of nitrogens with one attached hydrogen (secondary N) is 1. The summed E-state index contributed by atoms with van der Waals surface area (Å²) in [5, 5.41) is 3.71. The Morgan fingerprint density at radius 1 is 1.42 bits per heavy atom. The van der Waals surface area contributed by atoms with Crippen molar-refractivity contribution in [2.75, 3.05) is 18.1 Å². The maximum Gasteiger partial charge on any atom is 0.244 e. The molecule has 3 fully saturated rings. The molecule has 2 aliphatic heterocycles. The molecule has 1 spiro atoms. The predicted molar refractivity (Wildman–Crippen MR) is 80.1 cm³/mol. The monoisotopic (exact) mass is 282 g/mol. The highest BCUT2D eigenvalue weighted by atomic mass is 32.2. The van der Waals surface area contributed by atoms with Gasteiger partial charge in [0, 0.05) is 6.54 Å². The van der Waals surface area contributed by atoms with Gasteiger partial charge in [-0.15, -0.1) is 0 Å². The van der Waals surface area contributed by atoms with E-state index in [9.17, 15) is 4.79 Å². The molecular formula is C15H26N2OS. The average molecular weight is 282 g/mol. The molecule has 19 heavy (non-hydrogen) atoms. The van der Waals surface area contributed by atoms with E-state index in [1.807, 2.05) is 11.8 Å². The Morgan fingerprint density at radius 2 is 2.16 bits per heavy atom. The van der Waals surface area contributed by atoms with Crippen LogP contribution in [0.15, 0.2) is 0 Å². The van der Waals surface area contributed by atoms with Crippen molar-refractivity contribution in [3.05, 3.63) is 0 Å². The number of thioether (sulfide) groups is 1. The predicted octanol–water partition coefficient (Wildman–Crippen LogP) is 2.47. The Morgan fingerprint density at radius 3 is 2.74 bits per heavy atom. The van der Waals surface area contributed by atoms with E-state index in [0.717, 1.165) is 19.4 Å². The third kappa shape index (κ3) is 2.42. The minimum absolute atomic E-state index is 0.194. The second-order valence-corrected chi connectivity index (χ2v) is 7.96. The Balaban J connectivity index is 1.76. The van der Waals surface area contributed by atoms with E-state index in [4.69, 9.17) is 0 Å². The zero-order valence-corrected chi connectivity index (χ0v) is 13.0. The van der Waals surface area contributed by atoms with Gasteiger partial charge in [-0.2, -0.15) is 11.8 Å². The van der Waals surface area contributed by atoms with Gasteiger partial charge in [0.05, 0.1) is 11.7 Å². The molecule has 2 atom stereocenters. The minimum atomic E-state index is -0.194. The largest absolute Gasteiger partial charge is 0.325 e. The third-order valence-electron chi connectivity index (χ3n) is 5.00. The first kappa shape index (κ1) is 13.7. The van der Waals surface area contributed by atoms with E-state index < -0.39 is 0 Å². The summed E-state index contributed by atoms with van der Waals surface area (Å²) in [7, 11) is 0. The van der Waals surface area contributed by atoms with Gasteiger partial charge in [-0.1, -0.05) is 26.7 Å². The normalized spacial score (nSPS) is 34.1. The summed E-state index contributed by atoms with van der Waals surface area (Å²) in [4.78, 5) is 15.1. The van der Waals surface area contributed by atoms with Gasteiger partial charge in [0.1, 0.15) is 0 Å². The highest BCUT2D eigenvalue weighted by molar-refractivity contribution is 7.99. The van der Waals surface area contributed by atoms with E-state index >= 15 is 0 Å². The molecule has 1 saturated carbocycles. The summed E-state index contributed by atoms with van der Waals surface area (Å²) in [5.41, 5.74) is -0.194. The molecule has 2 unspecified atom stereocenters. The van der Waals surface area contributed by atoms with Crippen LogP contribution >= 0.6 is 11.8 Å². The first-order chi connectivity index (χ1) is 9.12. The standard InChI is InChI=1S/C15H26N2OS/c1-11(2)13-16-15(6-3-4-7-15)14(18)17(13)9-12-5-8-19-10-12/h11-13,16H,3-10H2,1-2H3. The Kier molecular flexibility index (Phi) is 3.82. The molecule has 2 saturated heterocycles. The van der Waals surface area contributed by atoms with Crippen molar-refractivity contribution in [3.63, 3.8) is 0 Å². The summed E-state index contributed by atoms with van der Waals surface area (Å²) in [6.45, 7) is 5.44. The van der Waals surface area contributed by atoms with Crippen molar-refractivity contribution in [1.29, 1.82) is 0 Å². The third-order valence-corrected chi connectivity index (χ3v) is 6.23. The fourth-order valence-electron chi connectivity index (χ4n) is 3.89. The number of nitrogens with zero attached hydrogens (tertiary/aromatic N) is 1. The maximum atomic E-state index is 12.9. The molecule has 1 N–H and O–H groups in total. The summed E-state index contributed by atoms with van der Waals surface area (Å²) in [6, 6.07) is 0. The van der Waals surface area contributed by atoms with Gasteiger partial charge in [0.25, 0.3) is 0 Å². The zero-order valence-electron chi connectivity index (χ0n) is 12.2. The highest BCUT2D eigenvalue weighted by Gasteiger charge is 2.53. The van der Waals surface area contributed by atoms with E-state index in [2.05, 4.69) is 24.1 Å². The summed E-state index contributed by atoms with van der Waals surface area (Å²) >= 11 is 2.04. The molecule has 3 aliphatic rings. The smallest absolute Gasteiger partial charge is 0.244 e. The van der Waals surface area contributed by atoms with Crippen LogP contribution in [0.4, 0.5) is 0 Å². The van der Waals surface area contributed by atoms with Gasteiger partial charge in [-0.05, 0) is 42.6 Å². The van der Waals surface area contributed by atoms with Crippen LogP contribution in [-0.2, 0) is 4.79 Å². The van der Waals surface area contributed by atoms with Crippen molar-refractivity contribution in [2.24, 2.45) is 11.8 Å². The summed E-state index contributed by atoms with van der Waals surface area (Å²) < 4.78 is 0. The molecule has 0 aromatic rings. The van der Waals surface area contributed by atoms with E-state index in [0.29, 0.717) is 17.7 Å². The van der Waals surface area contributed by atoms with E-state index in [1.165, 1.54) is 30.8 Å². The Bertz CT molecular complexity index is 346. The van der Waals surface area contributed by atoms with Crippen LogP contribution in [0, 0.1) is 11.8 Å². The molecule has 1 aliphatic carbocycles. The van der Waals surface area contributed by atoms with E-state index in [-0.39, 0.29) is 11.7 Å². The fraction of sp³-hybridized carbons (Fsp3) is 0.933. The molecule has 2 heterocycles. The Hall–Kier alpha value is -0.220. The molecule has 0 aromatic heterocycles. The number of carbonyl (C=O) groups is 1. The number of amides is 1. The lowest BCUT2D eigenvalue weighted by atomic mass is 9.97. The number of carbonyl (C=O) groups excluding carboxylic acids is 1. The number of hydrogen-bond acceptors (Lipinski definition) is 3. The van der Waals surface area contributed by atoms with Crippen LogP contribution in [0.1, 0.15) is 46.0 Å². The topological polar surface area (TPSA) is 32.3 Å². The van der Waals surface area contributed by atoms with Crippen LogP contribution in [-0.4, -0.2) is 40.6 Å². The van der Waals surface area contributed by atoms with Crippen molar-refractivity contribution >= 4 is 17.7 Å². The molecule has 0 radical (unpaired) electrons. The minimum Gasteiger partial charge on any atom is -0.325 e. The molecule has 3 nitrogen and oxygen atoms in total. The molecule has 0 bridgehead atoms. The van der Waals surface area contributed by atoms with Crippen LogP contribution in [0.25, 0.3) is 0 Å². The molecule has 1 amide bonds. The second kappa shape index (κ2) is 5.28. The van der Waals surface area contributed by atoms with Gasteiger partial charge >= 0.3 is 0 Å². The second-order valence-electron chi connectivity index (χ2n) is 6.81. The fourth-order valence-corrected chi connectivity index (χ4v) is 5.16. The quantitative estimate of drug-likeness (QED) is 0.863. The SMILES string of the molecule is CC(C)C1NC2(CCCC2)C(=O)N1CC1CCSC1. The average Bonchev–Trinajstić information content (AvgIpc) is 3.08. The van der Waals surface area contributed by atoms with Gasteiger partial charge in [0.15, 0.2) is 0 Å². The molecule has 0 aromatic carbocycles. The molecular weight excluding hydrogens is 256 g/mol. The van der Waals surface area contributed by atoms with Crippen LogP contribution < -0.4 is 5.32 Å². The van der Waals surface area contributed by atoms with Gasteiger partial charge < -0.3 is 4.90 Å². The van der Waals surface area contributed by atoms with E-state index in [1.54, 1.807) is 0 Å². The zero-order chi connectivity index (χ0) is 13.5. The summed E-state index contributed by atoms with van der Waals surface area (Å²) in [5.74, 6) is 4.13. The highest BCUT2D eigenvalue weighted by Crippen LogP contribution is 2.38. The molecule has 3 rings (SSSR count). The van der Waals surface area contributed by atoms with Crippen LogP contribution in [0.5, 0.6) is 0 Å². The molecule has 108 valence electrons. The number of rotatable bonds is 3. The number of hydrogen-bond donors (Lipinski definition) is 1. The van der Waals surface area contributed by atoms with Crippen LogP contribution in [0.3, 0.4) is 0 Å². The van der Waals surface area contributed by atoms with Crippen molar-refractivity contribution in [3.8, 4) is 0 Å². The Labute approximate surface area is 120 Å². The van der Waals surface area contributed by atoms with Gasteiger partial charge in [0.2, 0.25) is 5.91 Å². The lowest BCUT2D eigenvalue weighted by Gasteiger charge is -2.29. The first-order valence-electron chi connectivity index (χ1n) is 7.79. The van der Waals surface area contributed by atoms with Crippen LogP contribution in [0.2, 0.25) is 0 Å². The summed E-state index contributed by atoms with van der Waals surface area (Å²) in [6.07, 6.45) is 6.05. The lowest BCUT2D eigenvalue weighted by molar-refractivity contribution is -0.134. The molecule has 4 heteroatoms. The first-order valence-corrected chi connectivity index (χ1v) is 8.94. The van der Waals surface area contributed by atoms with Gasteiger partial charge in [-0.25, -0.2) is 0 Å². The maximum absolute atomic E-state index is 12.9. The van der Waals surface area contributed by atoms with Crippen molar-refractivity contribution in [1.82, 2.24) is 10.2 Å².